The van der Waals surface area contributed by atoms with Crippen LogP contribution in [0.5, 0.6) is 0 Å². The first-order chi connectivity index (χ1) is 11.6. The van der Waals surface area contributed by atoms with Crippen LogP contribution in [0.1, 0.15) is 11.3 Å². The number of likely N-dealkylation sites (N-methyl/N-ethyl adjacent to an activating group) is 1. The second kappa shape index (κ2) is 5.42. The van der Waals surface area contributed by atoms with E-state index in [9.17, 15) is 4.79 Å². The largest absolute Gasteiger partial charge is 0.399 e. The molecule has 0 spiro atoms. The zero-order valence-corrected chi connectivity index (χ0v) is 13.3. The summed E-state index contributed by atoms with van der Waals surface area (Å²) in [7, 11) is 1.81. The number of amides is 1. The van der Waals surface area contributed by atoms with E-state index in [0.717, 1.165) is 28.1 Å². The Morgan fingerprint density at radius 3 is 2.67 bits per heavy atom. The molecule has 2 aromatic carbocycles. The molecule has 1 aliphatic rings. The van der Waals surface area contributed by atoms with Gasteiger partial charge < -0.3 is 15.6 Å². The molecule has 1 aromatic heterocycles. The highest BCUT2D eigenvalue weighted by Crippen LogP contribution is 2.43. The van der Waals surface area contributed by atoms with Gasteiger partial charge in [-0.05, 0) is 47.5 Å². The molecule has 4 rings (SSSR count). The average molecular weight is 315 g/mol. The summed E-state index contributed by atoms with van der Waals surface area (Å²) < 4.78 is 0. The predicted molar refractivity (Wildman–Crippen MR) is 98.4 cm³/mol. The molecule has 0 saturated heterocycles. The van der Waals surface area contributed by atoms with Crippen LogP contribution in [0.4, 0.5) is 11.4 Å². The van der Waals surface area contributed by atoms with Crippen LogP contribution in [0.2, 0.25) is 0 Å². The number of carbonyl (C=O) groups excluding carboxylic acids is 1. The summed E-state index contributed by atoms with van der Waals surface area (Å²) >= 11 is 0. The van der Waals surface area contributed by atoms with Gasteiger partial charge in [0.2, 0.25) is 0 Å². The van der Waals surface area contributed by atoms with E-state index in [0.29, 0.717) is 11.3 Å². The van der Waals surface area contributed by atoms with E-state index in [1.54, 1.807) is 11.9 Å². The second-order valence-electron chi connectivity index (χ2n) is 5.87. The van der Waals surface area contributed by atoms with Crippen molar-refractivity contribution in [3.8, 4) is 11.1 Å². The number of carbonyl (C=O) groups is 1. The minimum Gasteiger partial charge on any atom is -0.399 e. The number of nitrogens with zero attached hydrogens (tertiary/aromatic N) is 1. The van der Waals surface area contributed by atoms with Crippen molar-refractivity contribution >= 4 is 28.9 Å². The predicted octanol–water partition coefficient (Wildman–Crippen LogP) is 3.78. The van der Waals surface area contributed by atoms with E-state index in [2.05, 4.69) is 4.98 Å². The number of hydrogen-bond donors (Lipinski definition) is 2. The molecule has 0 bridgehead atoms. The molecule has 1 aliphatic heterocycles. The summed E-state index contributed by atoms with van der Waals surface area (Å²) in [5.74, 6) is -0.00375. The van der Waals surface area contributed by atoms with Crippen molar-refractivity contribution in [1.82, 2.24) is 4.98 Å². The number of rotatable bonds is 2. The number of aromatic nitrogens is 1. The number of H-pyrrole nitrogens is 1. The summed E-state index contributed by atoms with van der Waals surface area (Å²) in [5, 5.41) is 0. The van der Waals surface area contributed by atoms with Crippen LogP contribution in [0, 0.1) is 0 Å². The summed E-state index contributed by atoms with van der Waals surface area (Å²) in [6.45, 7) is 0. The molecule has 3 N–H and O–H groups in total. The Kier molecular flexibility index (Phi) is 3.24. The Labute approximate surface area is 140 Å². The standard InChI is InChI=1S/C20H17N3O/c1-23-18-9-3-8-16(13-5-2-6-14(21)11-13)19(18)17(20(23)24)12-15-7-4-10-22-15/h2-12,22H,21H2,1H3/b17-12-. The van der Waals surface area contributed by atoms with Crippen molar-refractivity contribution in [2.45, 2.75) is 0 Å². The van der Waals surface area contributed by atoms with Crippen LogP contribution in [0.3, 0.4) is 0 Å². The molecule has 24 heavy (non-hydrogen) atoms. The van der Waals surface area contributed by atoms with Gasteiger partial charge in [-0.15, -0.1) is 0 Å². The Balaban J connectivity index is 1.97. The van der Waals surface area contributed by atoms with Crippen molar-refractivity contribution < 1.29 is 4.79 Å². The van der Waals surface area contributed by atoms with Gasteiger partial charge in [0.15, 0.2) is 0 Å². The molecule has 0 unspecified atom stereocenters. The Bertz CT molecular complexity index is 955. The van der Waals surface area contributed by atoms with Gasteiger partial charge in [0.05, 0.1) is 11.3 Å². The third-order valence-electron chi connectivity index (χ3n) is 4.33. The molecule has 4 nitrogen and oxygen atoms in total. The molecule has 3 aromatic rings. The monoisotopic (exact) mass is 315 g/mol. The van der Waals surface area contributed by atoms with Crippen molar-refractivity contribution in [3.05, 3.63) is 72.1 Å². The fourth-order valence-electron chi connectivity index (χ4n) is 3.17. The van der Waals surface area contributed by atoms with E-state index < -0.39 is 0 Å². The second-order valence-corrected chi connectivity index (χ2v) is 5.87. The van der Waals surface area contributed by atoms with Gasteiger partial charge in [0.1, 0.15) is 0 Å². The quantitative estimate of drug-likeness (QED) is 0.558. The average Bonchev–Trinajstić information content (AvgIpc) is 3.18. The molecule has 0 aliphatic carbocycles. The number of nitrogen functional groups attached to an aromatic ring is 1. The lowest BCUT2D eigenvalue weighted by molar-refractivity contribution is -0.112. The normalized spacial score (nSPS) is 15.1. The third kappa shape index (κ3) is 2.20. The van der Waals surface area contributed by atoms with Crippen LogP contribution in [0.25, 0.3) is 22.8 Å². The molecule has 0 atom stereocenters. The summed E-state index contributed by atoms with van der Waals surface area (Å²) in [6, 6.07) is 17.6. The van der Waals surface area contributed by atoms with Crippen LogP contribution < -0.4 is 10.6 Å². The summed E-state index contributed by atoms with van der Waals surface area (Å²) in [6.07, 6.45) is 3.75. The molecule has 0 radical (unpaired) electrons. The highest BCUT2D eigenvalue weighted by atomic mass is 16.2. The maximum Gasteiger partial charge on any atom is 0.258 e. The first-order valence-electron chi connectivity index (χ1n) is 7.77. The van der Waals surface area contributed by atoms with Crippen molar-refractivity contribution in [2.75, 3.05) is 17.7 Å². The molecule has 0 fully saturated rings. The first-order valence-corrected chi connectivity index (χ1v) is 7.77. The van der Waals surface area contributed by atoms with Gasteiger partial charge in [-0.2, -0.15) is 0 Å². The zero-order chi connectivity index (χ0) is 16.7. The van der Waals surface area contributed by atoms with Crippen molar-refractivity contribution in [1.29, 1.82) is 0 Å². The number of fused-ring (bicyclic) bond motifs is 1. The molecular weight excluding hydrogens is 298 g/mol. The Morgan fingerprint density at radius 2 is 1.92 bits per heavy atom. The minimum atomic E-state index is -0.00375. The third-order valence-corrected chi connectivity index (χ3v) is 4.33. The van der Waals surface area contributed by atoms with Crippen LogP contribution in [-0.4, -0.2) is 17.9 Å². The lowest BCUT2D eigenvalue weighted by Gasteiger charge is -2.11. The number of nitrogens with two attached hydrogens (primary N) is 1. The number of benzene rings is 2. The Morgan fingerprint density at radius 1 is 1.08 bits per heavy atom. The maximum atomic E-state index is 12.8. The minimum absolute atomic E-state index is 0.00375. The van der Waals surface area contributed by atoms with E-state index in [1.807, 2.05) is 66.9 Å². The van der Waals surface area contributed by atoms with Crippen LogP contribution >= 0.6 is 0 Å². The molecular formula is C20H17N3O. The fraction of sp³-hybridized carbons (Fsp3) is 0.0500. The van der Waals surface area contributed by atoms with Gasteiger partial charge >= 0.3 is 0 Å². The van der Waals surface area contributed by atoms with E-state index >= 15 is 0 Å². The SMILES string of the molecule is CN1C(=O)/C(=C\c2ccc[nH]2)c2c(-c3cccc(N)c3)cccc21. The molecule has 4 heteroatoms. The Hall–Kier alpha value is -3.27. The van der Waals surface area contributed by atoms with Crippen molar-refractivity contribution in [3.63, 3.8) is 0 Å². The number of nitrogens with one attached hydrogen (secondary N) is 1. The maximum absolute atomic E-state index is 12.8. The first kappa shape index (κ1) is 14.3. The van der Waals surface area contributed by atoms with E-state index in [1.165, 1.54) is 0 Å². The van der Waals surface area contributed by atoms with E-state index in [4.69, 9.17) is 5.73 Å². The number of aromatic amines is 1. The highest BCUT2D eigenvalue weighted by Gasteiger charge is 2.32. The topological polar surface area (TPSA) is 62.1 Å². The van der Waals surface area contributed by atoms with Crippen LogP contribution in [0.15, 0.2) is 60.8 Å². The lowest BCUT2D eigenvalue weighted by atomic mass is 9.94. The number of hydrogen-bond acceptors (Lipinski definition) is 2. The fourth-order valence-corrected chi connectivity index (χ4v) is 3.17. The molecule has 1 amide bonds. The van der Waals surface area contributed by atoms with Gasteiger partial charge in [0.25, 0.3) is 5.91 Å². The van der Waals surface area contributed by atoms with Gasteiger partial charge in [-0.3, -0.25) is 4.79 Å². The van der Waals surface area contributed by atoms with Gasteiger partial charge in [-0.25, -0.2) is 0 Å². The smallest absolute Gasteiger partial charge is 0.258 e. The summed E-state index contributed by atoms with van der Waals surface area (Å²) in [5.41, 5.74) is 12.1. The molecule has 2 heterocycles. The zero-order valence-electron chi connectivity index (χ0n) is 13.3. The summed E-state index contributed by atoms with van der Waals surface area (Å²) in [4.78, 5) is 17.6. The van der Waals surface area contributed by atoms with Gasteiger partial charge in [0, 0.05) is 30.2 Å². The number of anilines is 2. The van der Waals surface area contributed by atoms with E-state index in [-0.39, 0.29) is 5.91 Å². The van der Waals surface area contributed by atoms with Gasteiger partial charge in [-0.1, -0.05) is 24.3 Å². The molecule has 118 valence electrons. The highest BCUT2D eigenvalue weighted by molar-refractivity contribution is 6.37. The lowest BCUT2D eigenvalue weighted by Crippen LogP contribution is -2.20. The van der Waals surface area contributed by atoms with Crippen molar-refractivity contribution in [2.24, 2.45) is 0 Å². The van der Waals surface area contributed by atoms with Crippen LogP contribution in [-0.2, 0) is 4.79 Å². The molecule has 0 saturated carbocycles.